The van der Waals surface area contributed by atoms with Crippen molar-refractivity contribution in [3.05, 3.63) is 102 Å². The van der Waals surface area contributed by atoms with E-state index in [1.165, 1.54) is 6.07 Å². The maximum Gasteiger partial charge on any atom is 0.161 e. The minimum atomic E-state index is -0.514. The normalized spacial score (nSPS) is 16.3. The molecule has 0 fully saturated rings. The molecule has 0 radical (unpaired) electrons. The van der Waals surface area contributed by atoms with Gasteiger partial charge in [-0.3, -0.25) is 4.99 Å². The van der Waals surface area contributed by atoms with Gasteiger partial charge in [-0.15, -0.1) is 0 Å². The van der Waals surface area contributed by atoms with Gasteiger partial charge in [0.05, 0.1) is 18.0 Å². The first-order valence-electron chi connectivity index (χ1n) is 10.0. The van der Waals surface area contributed by atoms with Crippen LogP contribution in [0.25, 0.3) is 10.9 Å². The van der Waals surface area contributed by atoms with Crippen molar-refractivity contribution in [1.29, 1.82) is 0 Å². The summed E-state index contributed by atoms with van der Waals surface area (Å²) in [6, 6.07) is 24.3. The Bertz CT molecular complexity index is 1270. The van der Waals surface area contributed by atoms with Gasteiger partial charge >= 0.3 is 0 Å². The number of benzodiazepines with no additional fused rings is 1. The molecule has 154 valence electrons. The smallest absolute Gasteiger partial charge is 0.161 e. The number of nitrogens with zero attached hydrogens (tertiary/aromatic N) is 2. The maximum absolute atomic E-state index is 14.7. The largest absolute Gasteiger partial charge is 0.380 e. The lowest BCUT2D eigenvalue weighted by Crippen LogP contribution is -2.33. The molecule has 1 aliphatic heterocycles. The van der Waals surface area contributed by atoms with Crippen LogP contribution < -0.4 is 16.6 Å². The van der Waals surface area contributed by atoms with Gasteiger partial charge in [0, 0.05) is 27.7 Å². The van der Waals surface area contributed by atoms with Crippen LogP contribution in [0.15, 0.2) is 88.8 Å². The number of rotatable bonds is 3. The second-order valence-corrected chi connectivity index (χ2v) is 7.26. The van der Waals surface area contributed by atoms with Gasteiger partial charge in [-0.1, -0.05) is 48.5 Å². The third-order valence-electron chi connectivity index (χ3n) is 5.26. The number of halogens is 1. The van der Waals surface area contributed by atoms with Gasteiger partial charge in [0.25, 0.3) is 0 Å². The average Bonchev–Trinajstić information content (AvgIpc) is 3.15. The number of amidine groups is 1. The van der Waals surface area contributed by atoms with Crippen molar-refractivity contribution in [3.8, 4) is 0 Å². The third-order valence-corrected chi connectivity index (χ3v) is 5.26. The van der Waals surface area contributed by atoms with Gasteiger partial charge in [-0.25, -0.2) is 15.2 Å². The molecule has 7 heteroatoms. The second kappa shape index (κ2) is 8.04. The number of fused-ring (bicyclic) bond motifs is 2. The highest BCUT2D eigenvalue weighted by molar-refractivity contribution is 6.16. The third kappa shape index (κ3) is 3.67. The highest BCUT2D eigenvalue weighted by atomic mass is 19.1. The molecule has 1 aliphatic rings. The zero-order valence-corrected chi connectivity index (χ0v) is 16.6. The molecule has 2 heterocycles. The van der Waals surface area contributed by atoms with E-state index >= 15 is 0 Å². The van der Waals surface area contributed by atoms with E-state index in [0.29, 0.717) is 23.7 Å². The minimum absolute atomic E-state index is 0.325. The van der Waals surface area contributed by atoms with Crippen molar-refractivity contribution in [2.24, 2.45) is 15.8 Å². The molecule has 1 atom stereocenters. The standard InChI is InChI=1S/C24H21FN6/c25-18-10-4-2-8-16(18)23-17-9-3-6-12-20(17)27-14-22(29-23)30-24(31-26)21-13-15-7-1-5-11-19(15)28-21/h1-13,22,27-28H,14,26H2,(H,30,31). The van der Waals surface area contributed by atoms with Gasteiger partial charge in [-0.2, -0.15) is 0 Å². The van der Waals surface area contributed by atoms with Crippen LogP contribution in [0.5, 0.6) is 0 Å². The number of aromatic amines is 1. The highest BCUT2D eigenvalue weighted by Crippen LogP contribution is 2.25. The van der Waals surface area contributed by atoms with E-state index in [2.05, 4.69) is 15.7 Å². The van der Waals surface area contributed by atoms with Crippen LogP contribution in [-0.2, 0) is 0 Å². The van der Waals surface area contributed by atoms with Crippen molar-refractivity contribution in [3.63, 3.8) is 0 Å². The number of hydrogen-bond donors (Lipinski definition) is 4. The number of hydrazine groups is 1. The van der Waals surface area contributed by atoms with E-state index in [1.807, 2.05) is 54.6 Å². The summed E-state index contributed by atoms with van der Waals surface area (Å²) in [7, 11) is 0. The quantitative estimate of drug-likeness (QED) is 0.179. The minimum Gasteiger partial charge on any atom is -0.380 e. The van der Waals surface area contributed by atoms with Gasteiger partial charge < -0.3 is 15.7 Å². The van der Waals surface area contributed by atoms with E-state index in [1.54, 1.807) is 18.2 Å². The molecule has 5 N–H and O–H groups in total. The molecule has 31 heavy (non-hydrogen) atoms. The number of para-hydroxylation sites is 2. The lowest BCUT2D eigenvalue weighted by molar-refractivity contribution is 0.625. The zero-order chi connectivity index (χ0) is 21.2. The summed E-state index contributed by atoms with van der Waals surface area (Å²) in [6.45, 7) is 0.445. The van der Waals surface area contributed by atoms with E-state index in [4.69, 9.17) is 15.8 Å². The number of hydrogen-bond acceptors (Lipinski definition) is 4. The number of anilines is 1. The average molecular weight is 412 g/mol. The van der Waals surface area contributed by atoms with E-state index in [-0.39, 0.29) is 5.82 Å². The molecule has 6 nitrogen and oxygen atoms in total. The fraction of sp³-hybridized carbons (Fsp3) is 0.0833. The van der Waals surface area contributed by atoms with Crippen molar-refractivity contribution in [2.75, 3.05) is 11.9 Å². The summed E-state index contributed by atoms with van der Waals surface area (Å²) < 4.78 is 14.7. The Morgan fingerprint density at radius 2 is 1.74 bits per heavy atom. The van der Waals surface area contributed by atoms with Gasteiger partial charge in [0.2, 0.25) is 0 Å². The van der Waals surface area contributed by atoms with Crippen LogP contribution in [0.3, 0.4) is 0 Å². The molecule has 3 aromatic carbocycles. The maximum atomic E-state index is 14.7. The summed E-state index contributed by atoms with van der Waals surface area (Å²) >= 11 is 0. The van der Waals surface area contributed by atoms with Crippen molar-refractivity contribution in [2.45, 2.75) is 6.17 Å². The van der Waals surface area contributed by atoms with Crippen LogP contribution in [0.2, 0.25) is 0 Å². The SMILES string of the molecule is NNC(=NC1CNc2ccccc2C(c2ccccc2F)=N1)c1cc2ccccc2[nH]1. The Morgan fingerprint density at radius 3 is 2.55 bits per heavy atom. The molecule has 1 unspecified atom stereocenters. The summed E-state index contributed by atoms with van der Waals surface area (Å²) in [5.74, 6) is 5.96. The summed E-state index contributed by atoms with van der Waals surface area (Å²) in [5.41, 5.74) is 7.14. The van der Waals surface area contributed by atoms with Crippen LogP contribution in [0, 0.1) is 5.82 Å². The Kier molecular flexibility index (Phi) is 4.93. The first kappa shape index (κ1) is 19.0. The molecular formula is C24H21FN6. The number of nitrogens with two attached hydrogens (primary N) is 1. The summed E-state index contributed by atoms with van der Waals surface area (Å²) in [6.07, 6.45) is -0.514. The first-order valence-corrected chi connectivity index (χ1v) is 10.0. The fourth-order valence-electron chi connectivity index (χ4n) is 3.79. The molecule has 0 saturated heterocycles. The number of benzene rings is 3. The number of aromatic nitrogens is 1. The van der Waals surface area contributed by atoms with Crippen LogP contribution in [0.4, 0.5) is 10.1 Å². The van der Waals surface area contributed by atoms with E-state index in [0.717, 1.165) is 27.8 Å². The number of nitrogens with one attached hydrogen (secondary N) is 3. The molecule has 0 aliphatic carbocycles. The van der Waals surface area contributed by atoms with Crippen molar-refractivity contribution < 1.29 is 4.39 Å². The molecule has 5 rings (SSSR count). The van der Waals surface area contributed by atoms with Crippen LogP contribution >= 0.6 is 0 Å². The molecule has 0 amide bonds. The van der Waals surface area contributed by atoms with Gasteiger partial charge in [0.1, 0.15) is 5.82 Å². The first-order chi connectivity index (χ1) is 15.2. The second-order valence-electron chi connectivity index (χ2n) is 7.26. The lowest BCUT2D eigenvalue weighted by atomic mass is 10.0. The van der Waals surface area contributed by atoms with Gasteiger partial charge in [0.15, 0.2) is 12.0 Å². The van der Waals surface area contributed by atoms with Crippen molar-refractivity contribution >= 4 is 28.1 Å². The molecule has 0 saturated carbocycles. The molecule has 1 aromatic heterocycles. The molecular weight excluding hydrogens is 391 g/mol. The Hall–Kier alpha value is -3.97. The Balaban J connectivity index is 1.60. The van der Waals surface area contributed by atoms with Gasteiger partial charge in [-0.05, 0) is 30.3 Å². The van der Waals surface area contributed by atoms with E-state index in [9.17, 15) is 4.39 Å². The van der Waals surface area contributed by atoms with Crippen LogP contribution in [-0.4, -0.2) is 29.2 Å². The van der Waals surface area contributed by atoms with Crippen LogP contribution in [0.1, 0.15) is 16.8 Å². The highest BCUT2D eigenvalue weighted by Gasteiger charge is 2.21. The molecule has 0 bridgehead atoms. The molecule has 4 aromatic rings. The molecule has 0 spiro atoms. The van der Waals surface area contributed by atoms with Crippen molar-refractivity contribution in [1.82, 2.24) is 10.4 Å². The fourth-order valence-corrected chi connectivity index (χ4v) is 3.79. The Morgan fingerprint density at radius 1 is 1.00 bits per heavy atom. The number of aliphatic imine (C=N–C) groups is 2. The predicted molar refractivity (Wildman–Crippen MR) is 123 cm³/mol. The number of H-pyrrole nitrogens is 1. The van der Waals surface area contributed by atoms with E-state index < -0.39 is 6.17 Å². The topological polar surface area (TPSA) is 90.6 Å². The lowest BCUT2D eigenvalue weighted by Gasteiger charge is -2.11. The Labute approximate surface area is 178 Å². The summed E-state index contributed by atoms with van der Waals surface area (Å²) in [5, 5.41) is 4.44. The monoisotopic (exact) mass is 412 g/mol. The summed E-state index contributed by atoms with van der Waals surface area (Å²) in [4.78, 5) is 12.9. The zero-order valence-electron chi connectivity index (χ0n) is 16.6. The predicted octanol–water partition coefficient (Wildman–Crippen LogP) is 3.81.